The van der Waals surface area contributed by atoms with Gasteiger partial charge in [0.1, 0.15) is 5.60 Å². The van der Waals surface area contributed by atoms with Crippen molar-refractivity contribution in [1.29, 1.82) is 0 Å². The lowest BCUT2D eigenvalue weighted by Crippen LogP contribution is -2.40. The number of thioether (sulfide) groups is 1. The predicted octanol–water partition coefficient (Wildman–Crippen LogP) is 2.99. The summed E-state index contributed by atoms with van der Waals surface area (Å²) in [7, 11) is 2.07. The molecule has 1 aliphatic heterocycles. The molecule has 142 valence electrons. The number of ketones is 1. The summed E-state index contributed by atoms with van der Waals surface area (Å²) < 4.78 is 1.89. The number of hydrogen-bond acceptors (Lipinski definition) is 7. The number of nitrogens with zero attached hydrogens (tertiary/aromatic N) is 4. The van der Waals surface area contributed by atoms with Gasteiger partial charge in [0, 0.05) is 36.1 Å². The first-order valence-electron chi connectivity index (χ1n) is 8.92. The van der Waals surface area contributed by atoms with Gasteiger partial charge in [-0.05, 0) is 45.0 Å². The van der Waals surface area contributed by atoms with Crippen molar-refractivity contribution in [2.45, 2.75) is 30.4 Å². The van der Waals surface area contributed by atoms with Crippen LogP contribution in [0.2, 0.25) is 0 Å². The molecule has 0 aliphatic carbocycles. The van der Waals surface area contributed by atoms with E-state index >= 15 is 0 Å². The van der Waals surface area contributed by atoms with Gasteiger partial charge in [0.15, 0.2) is 5.78 Å². The highest BCUT2D eigenvalue weighted by atomic mass is 32.2. The number of imidazole rings is 1. The summed E-state index contributed by atoms with van der Waals surface area (Å²) in [4.78, 5) is 25.1. The molecule has 4 rings (SSSR count). The van der Waals surface area contributed by atoms with E-state index in [2.05, 4.69) is 21.9 Å². The molecule has 0 spiro atoms. The molecular formula is C19H22N4O2S2. The van der Waals surface area contributed by atoms with Crippen molar-refractivity contribution in [3.05, 3.63) is 46.0 Å². The number of hydrogen-bond donors (Lipinski definition) is 1. The first-order chi connectivity index (χ1) is 12.9. The fourth-order valence-electron chi connectivity index (χ4n) is 3.28. The van der Waals surface area contributed by atoms with Crippen molar-refractivity contribution < 1.29 is 9.90 Å². The SMILES string of the molecule is Cc1cc(SCC(=O)c2ccc(C3(O)CCN(C)CC3)s2)n2ccnc2n1. The Morgan fingerprint density at radius 2 is 2.15 bits per heavy atom. The minimum absolute atomic E-state index is 0.0792. The molecule has 3 aromatic rings. The lowest BCUT2D eigenvalue weighted by atomic mass is 9.90. The topological polar surface area (TPSA) is 70.7 Å². The first-order valence-corrected chi connectivity index (χ1v) is 10.7. The van der Waals surface area contributed by atoms with Crippen molar-refractivity contribution in [3.63, 3.8) is 0 Å². The number of Topliss-reactive ketones (excluding diaryl/α,β-unsaturated/α-hetero) is 1. The standard InChI is InChI=1S/C19H22N4O2S2/c1-13-11-17(23-10-7-20-18(23)21-13)26-12-14(24)15-3-4-16(27-15)19(25)5-8-22(2)9-6-19/h3-4,7,10-11,25H,5-6,8-9,12H2,1-2H3. The van der Waals surface area contributed by atoms with Gasteiger partial charge in [-0.2, -0.15) is 0 Å². The van der Waals surface area contributed by atoms with Crippen LogP contribution in [0.5, 0.6) is 0 Å². The van der Waals surface area contributed by atoms with E-state index in [9.17, 15) is 9.90 Å². The van der Waals surface area contributed by atoms with Gasteiger partial charge in [0.2, 0.25) is 5.78 Å². The second-order valence-electron chi connectivity index (χ2n) is 7.04. The maximum atomic E-state index is 12.7. The van der Waals surface area contributed by atoms with Crippen LogP contribution >= 0.6 is 23.1 Å². The Morgan fingerprint density at radius 3 is 2.93 bits per heavy atom. The summed E-state index contributed by atoms with van der Waals surface area (Å²) in [6.45, 7) is 3.67. The zero-order chi connectivity index (χ0) is 19.0. The Morgan fingerprint density at radius 1 is 1.37 bits per heavy atom. The monoisotopic (exact) mass is 402 g/mol. The highest BCUT2D eigenvalue weighted by Crippen LogP contribution is 2.37. The first kappa shape index (κ1) is 18.6. The Kier molecular flexibility index (Phi) is 5.07. The molecule has 1 saturated heterocycles. The van der Waals surface area contributed by atoms with E-state index in [1.807, 2.05) is 35.7 Å². The Balaban J connectivity index is 1.46. The van der Waals surface area contributed by atoms with Crippen molar-refractivity contribution in [2.75, 3.05) is 25.9 Å². The van der Waals surface area contributed by atoms with Crippen molar-refractivity contribution in [2.24, 2.45) is 0 Å². The third-order valence-corrected chi connectivity index (χ3v) is 7.31. The number of carbonyl (C=O) groups is 1. The van der Waals surface area contributed by atoms with Crippen LogP contribution in [0.4, 0.5) is 0 Å². The quantitative estimate of drug-likeness (QED) is 0.402. The molecule has 0 saturated carbocycles. The molecule has 8 heteroatoms. The third kappa shape index (κ3) is 3.80. The van der Waals surface area contributed by atoms with Gasteiger partial charge in [-0.1, -0.05) is 11.8 Å². The van der Waals surface area contributed by atoms with Crippen LogP contribution < -0.4 is 0 Å². The lowest BCUT2D eigenvalue weighted by Gasteiger charge is -2.35. The number of aryl methyl sites for hydroxylation is 1. The number of rotatable bonds is 5. The van der Waals surface area contributed by atoms with E-state index < -0.39 is 5.60 Å². The Labute approximate surface area is 166 Å². The normalized spacial score (nSPS) is 17.4. The summed E-state index contributed by atoms with van der Waals surface area (Å²) in [5.41, 5.74) is 0.0835. The number of thiophene rings is 1. The largest absolute Gasteiger partial charge is 0.384 e. The molecule has 0 atom stereocenters. The fourth-order valence-corrected chi connectivity index (χ4v) is 5.43. The maximum Gasteiger partial charge on any atom is 0.234 e. The van der Waals surface area contributed by atoms with E-state index in [0.29, 0.717) is 29.2 Å². The molecule has 0 bridgehead atoms. The molecule has 0 amide bonds. The van der Waals surface area contributed by atoms with Gasteiger partial charge in [0.25, 0.3) is 0 Å². The van der Waals surface area contributed by atoms with Gasteiger partial charge in [-0.3, -0.25) is 9.20 Å². The van der Waals surface area contributed by atoms with E-state index in [1.165, 1.54) is 23.1 Å². The minimum atomic E-state index is -0.798. The van der Waals surface area contributed by atoms with Gasteiger partial charge in [0.05, 0.1) is 15.7 Å². The smallest absolute Gasteiger partial charge is 0.234 e. The summed E-state index contributed by atoms with van der Waals surface area (Å²) in [5.74, 6) is 1.07. The van der Waals surface area contributed by atoms with Gasteiger partial charge < -0.3 is 10.0 Å². The molecule has 3 aromatic heterocycles. The number of aromatic nitrogens is 3. The zero-order valence-corrected chi connectivity index (χ0v) is 17.0. The molecule has 0 aromatic carbocycles. The molecule has 27 heavy (non-hydrogen) atoms. The van der Waals surface area contributed by atoms with Crippen LogP contribution in [0, 0.1) is 6.92 Å². The van der Waals surface area contributed by atoms with E-state index in [1.54, 1.807) is 6.20 Å². The molecule has 0 radical (unpaired) electrons. The summed E-state index contributed by atoms with van der Waals surface area (Å²) >= 11 is 2.92. The minimum Gasteiger partial charge on any atom is -0.384 e. The van der Waals surface area contributed by atoms with Crippen molar-refractivity contribution >= 4 is 34.7 Å². The maximum absolute atomic E-state index is 12.7. The third-order valence-electron chi connectivity index (χ3n) is 4.97. The molecule has 1 fully saturated rings. The second-order valence-corrected chi connectivity index (χ2v) is 9.12. The van der Waals surface area contributed by atoms with Crippen molar-refractivity contribution in [3.8, 4) is 0 Å². The number of likely N-dealkylation sites (tertiary alicyclic amines) is 1. The van der Waals surface area contributed by atoms with Gasteiger partial charge >= 0.3 is 0 Å². The van der Waals surface area contributed by atoms with Crippen molar-refractivity contribution in [1.82, 2.24) is 19.3 Å². The predicted molar refractivity (Wildman–Crippen MR) is 108 cm³/mol. The number of carbonyl (C=O) groups excluding carboxylic acids is 1. The molecule has 0 unspecified atom stereocenters. The lowest BCUT2D eigenvalue weighted by molar-refractivity contribution is -0.0172. The highest BCUT2D eigenvalue weighted by molar-refractivity contribution is 8.00. The molecule has 6 nitrogen and oxygen atoms in total. The molecule has 4 heterocycles. The number of aliphatic hydroxyl groups is 1. The van der Waals surface area contributed by atoms with Gasteiger partial charge in [-0.15, -0.1) is 11.3 Å². The van der Waals surface area contributed by atoms with Crippen LogP contribution in [0.1, 0.15) is 33.1 Å². The summed E-state index contributed by atoms with van der Waals surface area (Å²) in [5, 5.41) is 11.9. The number of fused-ring (bicyclic) bond motifs is 1. The van der Waals surface area contributed by atoms with Crippen LogP contribution in [-0.4, -0.2) is 56.0 Å². The Bertz CT molecular complexity index is 973. The molecular weight excluding hydrogens is 380 g/mol. The average molecular weight is 403 g/mol. The van der Waals surface area contributed by atoms with Crippen LogP contribution in [0.15, 0.2) is 35.6 Å². The van der Waals surface area contributed by atoms with Crippen LogP contribution in [0.25, 0.3) is 5.78 Å². The summed E-state index contributed by atoms with van der Waals surface area (Å²) in [6.07, 6.45) is 4.98. The Hall–Kier alpha value is -1.74. The summed E-state index contributed by atoms with van der Waals surface area (Å²) in [6, 6.07) is 5.73. The fraction of sp³-hybridized carbons (Fsp3) is 0.421. The van der Waals surface area contributed by atoms with E-state index in [4.69, 9.17) is 0 Å². The van der Waals surface area contributed by atoms with Gasteiger partial charge in [-0.25, -0.2) is 9.97 Å². The van der Waals surface area contributed by atoms with E-state index in [0.717, 1.165) is 28.7 Å². The highest BCUT2D eigenvalue weighted by Gasteiger charge is 2.34. The second kappa shape index (κ2) is 7.35. The van der Waals surface area contributed by atoms with Crippen LogP contribution in [0.3, 0.4) is 0 Å². The molecule has 1 aliphatic rings. The molecule has 1 N–H and O–H groups in total. The van der Waals surface area contributed by atoms with Crippen LogP contribution in [-0.2, 0) is 5.60 Å². The zero-order valence-electron chi connectivity index (χ0n) is 15.4. The van der Waals surface area contributed by atoms with E-state index in [-0.39, 0.29) is 5.78 Å². The average Bonchev–Trinajstić information content (AvgIpc) is 3.31. The number of piperidine rings is 1.